The summed E-state index contributed by atoms with van der Waals surface area (Å²) in [7, 11) is 1.34. The minimum Gasteiger partial charge on any atom is -0.481 e. The van der Waals surface area contributed by atoms with Crippen LogP contribution in [-0.4, -0.2) is 48.1 Å². The van der Waals surface area contributed by atoms with Crippen molar-refractivity contribution in [2.75, 3.05) is 20.2 Å². The second-order valence-electron chi connectivity index (χ2n) is 4.93. The second-order valence-corrected chi connectivity index (χ2v) is 4.93. The number of rotatable bonds is 3. The van der Waals surface area contributed by atoms with Crippen LogP contribution >= 0.6 is 0 Å². The number of amides is 1. The Morgan fingerprint density at radius 3 is 2.56 bits per heavy atom. The Bertz CT molecular complexity index is 381. The standard InChI is InChI=1S/C12H17NO5/c1-18-12(17)7-3-2-4-13(6-7)10(14)8-5-9(8)11(15)16/h7-9H,2-6H2,1H3,(H,15,16). The summed E-state index contributed by atoms with van der Waals surface area (Å²) in [6.45, 7) is 0.962. The van der Waals surface area contributed by atoms with E-state index in [0.29, 0.717) is 19.5 Å². The molecule has 3 atom stereocenters. The molecule has 6 heteroatoms. The molecule has 2 aliphatic rings. The molecule has 1 N–H and O–H groups in total. The van der Waals surface area contributed by atoms with Crippen molar-refractivity contribution in [2.24, 2.45) is 17.8 Å². The van der Waals surface area contributed by atoms with Gasteiger partial charge in [0.05, 0.1) is 24.9 Å². The van der Waals surface area contributed by atoms with Gasteiger partial charge in [0, 0.05) is 13.1 Å². The summed E-state index contributed by atoms with van der Waals surface area (Å²) < 4.78 is 4.68. The molecule has 1 heterocycles. The molecule has 2 fully saturated rings. The fourth-order valence-corrected chi connectivity index (χ4v) is 2.51. The van der Waals surface area contributed by atoms with Crippen LogP contribution < -0.4 is 0 Å². The number of carbonyl (C=O) groups excluding carboxylic acids is 2. The molecule has 1 saturated carbocycles. The van der Waals surface area contributed by atoms with Crippen LogP contribution in [0.4, 0.5) is 0 Å². The minimum absolute atomic E-state index is 0.129. The fourth-order valence-electron chi connectivity index (χ4n) is 2.51. The first-order chi connectivity index (χ1) is 8.54. The van der Waals surface area contributed by atoms with Gasteiger partial charge in [-0.3, -0.25) is 14.4 Å². The van der Waals surface area contributed by atoms with Gasteiger partial charge in [0.25, 0.3) is 0 Å². The summed E-state index contributed by atoms with van der Waals surface area (Å²) >= 11 is 0. The lowest BCUT2D eigenvalue weighted by atomic mass is 9.98. The Kier molecular flexibility index (Phi) is 3.54. The van der Waals surface area contributed by atoms with Crippen LogP contribution in [0.15, 0.2) is 0 Å². The molecular weight excluding hydrogens is 238 g/mol. The van der Waals surface area contributed by atoms with Gasteiger partial charge in [-0.25, -0.2) is 0 Å². The van der Waals surface area contributed by atoms with Gasteiger partial charge in [-0.15, -0.1) is 0 Å². The van der Waals surface area contributed by atoms with Crippen LogP contribution in [0, 0.1) is 17.8 Å². The molecule has 1 saturated heterocycles. The first kappa shape index (κ1) is 12.9. The van der Waals surface area contributed by atoms with E-state index in [2.05, 4.69) is 4.74 Å². The van der Waals surface area contributed by atoms with E-state index in [-0.39, 0.29) is 23.7 Å². The molecule has 0 aromatic carbocycles. The van der Waals surface area contributed by atoms with Gasteiger partial charge < -0.3 is 14.7 Å². The molecule has 18 heavy (non-hydrogen) atoms. The summed E-state index contributed by atoms with van der Waals surface area (Å²) in [5.74, 6) is -2.52. The van der Waals surface area contributed by atoms with Crippen LogP contribution in [0.1, 0.15) is 19.3 Å². The zero-order valence-corrected chi connectivity index (χ0v) is 10.3. The third-order valence-electron chi connectivity index (χ3n) is 3.69. The second kappa shape index (κ2) is 4.96. The number of ether oxygens (including phenoxy) is 1. The largest absolute Gasteiger partial charge is 0.481 e. The molecule has 0 radical (unpaired) electrons. The lowest BCUT2D eigenvalue weighted by Gasteiger charge is -2.31. The molecule has 1 amide bonds. The summed E-state index contributed by atoms with van der Waals surface area (Å²) in [5.41, 5.74) is 0. The topological polar surface area (TPSA) is 83.9 Å². The predicted molar refractivity (Wildman–Crippen MR) is 60.6 cm³/mol. The number of hydrogen-bond donors (Lipinski definition) is 1. The van der Waals surface area contributed by atoms with Crippen molar-refractivity contribution in [3.63, 3.8) is 0 Å². The maximum absolute atomic E-state index is 12.0. The van der Waals surface area contributed by atoms with Crippen LogP contribution in [0.3, 0.4) is 0 Å². The lowest BCUT2D eigenvalue weighted by molar-refractivity contribution is -0.150. The zero-order valence-electron chi connectivity index (χ0n) is 10.3. The number of carboxylic acid groups (broad SMARTS) is 1. The highest BCUT2D eigenvalue weighted by atomic mass is 16.5. The van der Waals surface area contributed by atoms with E-state index in [9.17, 15) is 14.4 Å². The molecule has 1 aliphatic heterocycles. The number of aliphatic carboxylic acids is 1. The predicted octanol–water partition coefficient (Wildman–Crippen LogP) is 0.119. The Hall–Kier alpha value is -1.59. The number of piperidine rings is 1. The van der Waals surface area contributed by atoms with E-state index in [1.54, 1.807) is 4.90 Å². The molecule has 0 aromatic heterocycles. The molecule has 0 spiro atoms. The van der Waals surface area contributed by atoms with Gasteiger partial charge in [0.2, 0.25) is 5.91 Å². The average Bonchev–Trinajstić information content (AvgIpc) is 3.17. The van der Waals surface area contributed by atoms with Gasteiger partial charge in [0.1, 0.15) is 0 Å². The van der Waals surface area contributed by atoms with Crippen molar-refractivity contribution >= 4 is 17.8 Å². The highest BCUT2D eigenvalue weighted by Crippen LogP contribution is 2.40. The SMILES string of the molecule is COC(=O)C1CCCN(C(=O)C2CC2C(=O)O)C1. The average molecular weight is 255 g/mol. The number of nitrogens with zero attached hydrogens (tertiary/aromatic N) is 1. The Morgan fingerprint density at radius 2 is 2.00 bits per heavy atom. The quantitative estimate of drug-likeness (QED) is 0.724. The van der Waals surface area contributed by atoms with Gasteiger partial charge in [0.15, 0.2) is 0 Å². The van der Waals surface area contributed by atoms with Crippen molar-refractivity contribution in [1.29, 1.82) is 0 Å². The summed E-state index contributed by atoms with van der Waals surface area (Å²) in [6.07, 6.45) is 1.91. The third kappa shape index (κ3) is 2.47. The number of methoxy groups -OCH3 is 1. The molecule has 0 aromatic rings. The molecule has 3 unspecified atom stereocenters. The molecule has 1 aliphatic carbocycles. The van der Waals surface area contributed by atoms with Gasteiger partial charge in [-0.2, -0.15) is 0 Å². The Morgan fingerprint density at radius 1 is 1.28 bits per heavy atom. The zero-order chi connectivity index (χ0) is 13.3. The van der Waals surface area contributed by atoms with Crippen LogP contribution in [0.5, 0.6) is 0 Å². The van der Waals surface area contributed by atoms with E-state index >= 15 is 0 Å². The normalized spacial score (nSPS) is 30.7. The van der Waals surface area contributed by atoms with Crippen LogP contribution in [0.2, 0.25) is 0 Å². The highest BCUT2D eigenvalue weighted by Gasteiger charge is 2.50. The number of likely N-dealkylation sites (tertiary alicyclic amines) is 1. The first-order valence-electron chi connectivity index (χ1n) is 6.14. The van der Waals surface area contributed by atoms with E-state index < -0.39 is 11.9 Å². The number of carboxylic acids is 1. The van der Waals surface area contributed by atoms with Gasteiger partial charge in [-0.1, -0.05) is 0 Å². The Labute approximate surface area is 105 Å². The van der Waals surface area contributed by atoms with Crippen molar-refractivity contribution in [2.45, 2.75) is 19.3 Å². The summed E-state index contributed by atoms with van der Waals surface area (Å²) in [5, 5.41) is 8.80. The van der Waals surface area contributed by atoms with Crippen LogP contribution in [-0.2, 0) is 19.1 Å². The molecule has 0 bridgehead atoms. The number of carbonyl (C=O) groups is 3. The van der Waals surface area contributed by atoms with Crippen molar-refractivity contribution in [1.82, 2.24) is 4.90 Å². The van der Waals surface area contributed by atoms with E-state index in [1.165, 1.54) is 7.11 Å². The minimum atomic E-state index is -0.908. The van der Waals surface area contributed by atoms with Gasteiger partial charge in [-0.05, 0) is 19.3 Å². The molecule has 2 rings (SSSR count). The van der Waals surface area contributed by atoms with Crippen molar-refractivity contribution < 1.29 is 24.2 Å². The van der Waals surface area contributed by atoms with Crippen LogP contribution in [0.25, 0.3) is 0 Å². The van der Waals surface area contributed by atoms with E-state index in [0.717, 1.165) is 12.8 Å². The summed E-state index contributed by atoms with van der Waals surface area (Å²) in [6, 6.07) is 0. The van der Waals surface area contributed by atoms with E-state index in [1.807, 2.05) is 0 Å². The third-order valence-corrected chi connectivity index (χ3v) is 3.69. The number of esters is 1. The molecule has 6 nitrogen and oxygen atoms in total. The van der Waals surface area contributed by atoms with Gasteiger partial charge >= 0.3 is 11.9 Å². The Balaban J connectivity index is 1.91. The monoisotopic (exact) mass is 255 g/mol. The maximum atomic E-state index is 12.0. The molecule has 100 valence electrons. The van der Waals surface area contributed by atoms with Crippen molar-refractivity contribution in [3.8, 4) is 0 Å². The fraction of sp³-hybridized carbons (Fsp3) is 0.750. The summed E-state index contributed by atoms with van der Waals surface area (Å²) in [4.78, 5) is 35.8. The van der Waals surface area contributed by atoms with E-state index in [4.69, 9.17) is 5.11 Å². The first-order valence-corrected chi connectivity index (χ1v) is 6.14. The number of hydrogen-bond acceptors (Lipinski definition) is 4. The maximum Gasteiger partial charge on any atom is 0.310 e. The highest BCUT2D eigenvalue weighted by molar-refractivity contribution is 5.89. The lowest BCUT2D eigenvalue weighted by Crippen LogP contribution is -2.43. The smallest absolute Gasteiger partial charge is 0.310 e. The molecular formula is C12H17NO5. The van der Waals surface area contributed by atoms with Crippen molar-refractivity contribution in [3.05, 3.63) is 0 Å².